The van der Waals surface area contributed by atoms with Crippen LogP contribution in [0.15, 0.2) is 42.5 Å². The molecule has 0 amide bonds. The van der Waals surface area contributed by atoms with E-state index in [-0.39, 0.29) is 6.61 Å². The van der Waals surface area contributed by atoms with Gasteiger partial charge in [-0.15, -0.1) is 0 Å². The van der Waals surface area contributed by atoms with Gasteiger partial charge in [-0.05, 0) is 73.5 Å². The molecule has 0 unspecified atom stereocenters. The highest BCUT2D eigenvalue weighted by Gasteiger charge is 2.23. The number of aliphatic hydroxyl groups is 1. The van der Waals surface area contributed by atoms with Crippen LogP contribution >= 0.6 is 0 Å². The number of unbranched alkanes of at least 4 members (excludes halogenated alkanes) is 5. The van der Waals surface area contributed by atoms with Crippen LogP contribution in [0.25, 0.3) is 0 Å². The normalized spacial score (nSPS) is 16.7. The van der Waals surface area contributed by atoms with Crippen molar-refractivity contribution < 1.29 is 9.84 Å². The molecular weight excluding hydrogens is 382 g/mol. The van der Waals surface area contributed by atoms with Gasteiger partial charge in [0, 0.05) is 12.6 Å². The van der Waals surface area contributed by atoms with Gasteiger partial charge in [0.05, 0.1) is 6.61 Å². The maximum atomic E-state index is 9.51. The van der Waals surface area contributed by atoms with E-state index in [0.29, 0.717) is 12.6 Å². The van der Waals surface area contributed by atoms with E-state index in [2.05, 4.69) is 61.2 Å². The maximum Gasteiger partial charge on any atom is 0.120 e. The molecule has 1 fully saturated rings. The lowest BCUT2D eigenvalue weighted by Gasteiger charge is -2.22. The zero-order chi connectivity index (χ0) is 21.9. The zero-order valence-electron chi connectivity index (χ0n) is 19.6. The van der Waals surface area contributed by atoms with Crippen LogP contribution in [0.4, 0.5) is 0 Å². The molecule has 0 spiro atoms. The van der Waals surface area contributed by atoms with Gasteiger partial charge in [0.25, 0.3) is 0 Å². The maximum absolute atomic E-state index is 9.51. The highest BCUT2D eigenvalue weighted by Crippen LogP contribution is 2.22. The van der Waals surface area contributed by atoms with E-state index < -0.39 is 0 Å². The average molecular weight is 424 g/mol. The predicted octanol–water partition coefficient (Wildman–Crippen LogP) is 6.43. The van der Waals surface area contributed by atoms with Crippen molar-refractivity contribution in [1.29, 1.82) is 0 Å². The number of ether oxygens (including phenoxy) is 1. The molecule has 3 nitrogen and oxygen atoms in total. The number of likely N-dealkylation sites (tertiary alicyclic amines) is 1. The van der Waals surface area contributed by atoms with Gasteiger partial charge in [0.1, 0.15) is 12.4 Å². The van der Waals surface area contributed by atoms with Crippen molar-refractivity contribution in [3.8, 4) is 5.75 Å². The van der Waals surface area contributed by atoms with E-state index in [4.69, 9.17) is 4.74 Å². The van der Waals surface area contributed by atoms with Gasteiger partial charge in [-0.25, -0.2) is 0 Å². The Hall–Kier alpha value is -1.84. The van der Waals surface area contributed by atoms with Crippen molar-refractivity contribution in [2.45, 2.75) is 90.8 Å². The number of rotatable bonds is 13. The molecule has 1 aliphatic heterocycles. The molecule has 2 aromatic rings. The molecule has 2 aromatic carbocycles. The number of benzene rings is 2. The molecule has 1 aliphatic rings. The lowest BCUT2D eigenvalue weighted by molar-refractivity contribution is 0.153. The first-order valence-electron chi connectivity index (χ1n) is 12.3. The van der Waals surface area contributed by atoms with Crippen molar-refractivity contribution in [1.82, 2.24) is 4.90 Å². The Kier molecular flexibility index (Phi) is 9.89. The summed E-state index contributed by atoms with van der Waals surface area (Å²) in [6, 6.07) is 15.7. The molecule has 0 aliphatic carbocycles. The van der Waals surface area contributed by atoms with Crippen LogP contribution in [0.5, 0.6) is 5.75 Å². The first-order valence-corrected chi connectivity index (χ1v) is 12.3. The molecule has 3 rings (SSSR count). The average Bonchev–Trinajstić information content (AvgIpc) is 3.22. The second-order valence-corrected chi connectivity index (χ2v) is 9.23. The topological polar surface area (TPSA) is 32.7 Å². The standard InChI is InChI=1S/C28H41NO2/c1-3-4-5-6-7-8-10-26-17-23(2)18-28(19-26)31-22-25-14-12-24(13-15-25)20-29-16-9-11-27(29)21-30/h12-15,17-19,27,30H,3-11,16,20-22H2,1-2H3/t27-/m1/s1. The van der Waals surface area contributed by atoms with Crippen LogP contribution in [0.3, 0.4) is 0 Å². The third-order valence-corrected chi connectivity index (χ3v) is 6.45. The number of hydrogen-bond acceptors (Lipinski definition) is 3. The summed E-state index contributed by atoms with van der Waals surface area (Å²) >= 11 is 0. The van der Waals surface area contributed by atoms with Crippen molar-refractivity contribution in [2.75, 3.05) is 13.2 Å². The Bertz CT molecular complexity index is 771. The fourth-order valence-electron chi connectivity index (χ4n) is 4.61. The highest BCUT2D eigenvalue weighted by molar-refractivity contribution is 5.34. The number of nitrogens with zero attached hydrogens (tertiary/aromatic N) is 1. The van der Waals surface area contributed by atoms with Crippen molar-refractivity contribution in [3.63, 3.8) is 0 Å². The van der Waals surface area contributed by atoms with Gasteiger partial charge in [-0.2, -0.15) is 0 Å². The van der Waals surface area contributed by atoms with Gasteiger partial charge < -0.3 is 9.84 Å². The Morgan fingerprint density at radius 2 is 1.68 bits per heavy atom. The number of aliphatic hydroxyl groups excluding tert-OH is 1. The second kappa shape index (κ2) is 12.9. The predicted molar refractivity (Wildman–Crippen MR) is 130 cm³/mol. The number of hydrogen-bond donors (Lipinski definition) is 1. The van der Waals surface area contributed by atoms with E-state index in [1.54, 1.807) is 0 Å². The summed E-state index contributed by atoms with van der Waals surface area (Å²) < 4.78 is 6.14. The molecular formula is C28H41NO2. The van der Waals surface area contributed by atoms with Crippen LogP contribution in [0.1, 0.15) is 80.5 Å². The van der Waals surface area contributed by atoms with E-state index in [1.807, 2.05) is 0 Å². The van der Waals surface area contributed by atoms with Gasteiger partial charge >= 0.3 is 0 Å². The van der Waals surface area contributed by atoms with Crippen LogP contribution in [-0.4, -0.2) is 29.2 Å². The first kappa shape index (κ1) is 23.8. The third-order valence-electron chi connectivity index (χ3n) is 6.45. The lowest BCUT2D eigenvalue weighted by atomic mass is 10.0. The summed E-state index contributed by atoms with van der Waals surface area (Å²) in [6.45, 7) is 7.30. The Balaban J connectivity index is 1.46. The summed E-state index contributed by atoms with van der Waals surface area (Å²) in [5, 5.41) is 9.51. The van der Waals surface area contributed by atoms with Gasteiger partial charge in [0.2, 0.25) is 0 Å². The summed E-state index contributed by atoms with van der Waals surface area (Å²) in [5.41, 5.74) is 5.17. The lowest BCUT2D eigenvalue weighted by Crippen LogP contribution is -2.31. The Labute approximate surface area is 189 Å². The van der Waals surface area contributed by atoms with E-state index in [0.717, 1.165) is 31.7 Å². The minimum Gasteiger partial charge on any atom is -0.489 e. The largest absolute Gasteiger partial charge is 0.489 e. The fourth-order valence-corrected chi connectivity index (χ4v) is 4.61. The monoisotopic (exact) mass is 423 g/mol. The molecule has 3 heteroatoms. The molecule has 170 valence electrons. The van der Waals surface area contributed by atoms with Crippen LogP contribution < -0.4 is 4.74 Å². The summed E-state index contributed by atoms with van der Waals surface area (Å²) in [5.74, 6) is 0.980. The van der Waals surface area contributed by atoms with Crippen molar-refractivity contribution in [2.24, 2.45) is 0 Å². The molecule has 0 saturated carbocycles. The minimum atomic E-state index is 0.267. The number of aryl methyl sites for hydroxylation is 2. The van der Waals surface area contributed by atoms with E-state index in [9.17, 15) is 5.11 Å². The summed E-state index contributed by atoms with van der Waals surface area (Å²) in [7, 11) is 0. The minimum absolute atomic E-state index is 0.267. The Morgan fingerprint density at radius 3 is 2.45 bits per heavy atom. The summed E-state index contributed by atoms with van der Waals surface area (Å²) in [4.78, 5) is 2.39. The summed E-state index contributed by atoms with van der Waals surface area (Å²) in [6.07, 6.45) is 11.4. The molecule has 0 bridgehead atoms. The highest BCUT2D eigenvalue weighted by atomic mass is 16.5. The molecule has 1 N–H and O–H groups in total. The van der Waals surface area contributed by atoms with Crippen LogP contribution in [-0.2, 0) is 19.6 Å². The SMILES string of the molecule is CCCCCCCCc1cc(C)cc(OCc2ccc(CN3CCC[C@@H]3CO)cc2)c1. The third kappa shape index (κ3) is 7.97. The van der Waals surface area contributed by atoms with Gasteiger partial charge in [-0.3, -0.25) is 4.90 Å². The molecule has 0 radical (unpaired) electrons. The van der Waals surface area contributed by atoms with Gasteiger partial charge in [-0.1, -0.05) is 69.4 Å². The zero-order valence-corrected chi connectivity index (χ0v) is 19.6. The van der Waals surface area contributed by atoms with Crippen LogP contribution in [0, 0.1) is 6.92 Å². The quantitative estimate of drug-likeness (QED) is 0.377. The molecule has 31 heavy (non-hydrogen) atoms. The van der Waals surface area contributed by atoms with Crippen molar-refractivity contribution in [3.05, 3.63) is 64.7 Å². The van der Waals surface area contributed by atoms with E-state index >= 15 is 0 Å². The molecule has 0 aromatic heterocycles. The fraction of sp³-hybridized carbons (Fsp3) is 0.571. The second-order valence-electron chi connectivity index (χ2n) is 9.23. The van der Waals surface area contributed by atoms with Crippen LogP contribution in [0.2, 0.25) is 0 Å². The molecule has 1 saturated heterocycles. The van der Waals surface area contributed by atoms with Gasteiger partial charge in [0.15, 0.2) is 0 Å². The molecule has 1 heterocycles. The van der Waals surface area contributed by atoms with E-state index in [1.165, 1.54) is 67.2 Å². The smallest absolute Gasteiger partial charge is 0.120 e. The van der Waals surface area contributed by atoms with Crippen molar-refractivity contribution >= 4 is 0 Å². The first-order chi connectivity index (χ1) is 15.2. The Morgan fingerprint density at radius 1 is 0.935 bits per heavy atom. The molecule has 1 atom stereocenters.